The second kappa shape index (κ2) is 8.59. The van der Waals surface area contributed by atoms with E-state index in [1.54, 1.807) is 29.4 Å². The Morgan fingerprint density at radius 2 is 2.00 bits per heavy atom. The number of nitrogens with zero attached hydrogens (tertiary/aromatic N) is 3. The molecule has 0 unspecified atom stereocenters. The highest BCUT2D eigenvalue weighted by Gasteiger charge is 2.52. The average molecular weight is 387 g/mol. The van der Waals surface area contributed by atoms with Gasteiger partial charge in [-0.15, -0.1) is 0 Å². The summed E-state index contributed by atoms with van der Waals surface area (Å²) in [4.78, 5) is 18.5. The average Bonchev–Trinajstić information content (AvgIpc) is 2.75. The van der Waals surface area contributed by atoms with Crippen LogP contribution in [0.1, 0.15) is 48.3 Å². The van der Waals surface area contributed by atoms with Crippen LogP contribution in [0.5, 0.6) is 0 Å². The van der Waals surface area contributed by atoms with Gasteiger partial charge in [-0.3, -0.25) is 9.78 Å². The minimum atomic E-state index is -0.563. The Kier molecular flexibility index (Phi) is 5.73. The molecule has 0 radical (unpaired) electrons. The number of rotatable bonds is 5. The number of aliphatic hydroxyl groups excluding tert-OH is 1. The van der Waals surface area contributed by atoms with E-state index in [0.29, 0.717) is 0 Å². The van der Waals surface area contributed by atoms with E-state index in [1.165, 1.54) is 18.4 Å². The molecule has 5 nitrogen and oxygen atoms in total. The fourth-order valence-corrected chi connectivity index (χ4v) is 4.65. The Morgan fingerprint density at radius 1 is 1.21 bits per heavy atom. The largest absolute Gasteiger partial charge is 0.394 e. The molecule has 3 atom stereocenters. The summed E-state index contributed by atoms with van der Waals surface area (Å²) in [6.45, 7) is -0.154. The summed E-state index contributed by atoms with van der Waals surface area (Å²) >= 11 is 0. The fourth-order valence-electron chi connectivity index (χ4n) is 4.65. The maximum Gasteiger partial charge on any atom is 0.228 e. The highest BCUT2D eigenvalue weighted by Crippen LogP contribution is 2.44. The zero-order valence-corrected chi connectivity index (χ0v) is 16.4. The third-order valence-electron chi connectivity index (χ3n) is 6.08. The molecule has 29 heavy (non-hydrogen) atoms. The number of aromatic nitrogens is 1. The fraction of sp³-hybridized carbons (Fsp3) is 0.375. The van der Waals surface area contributed by atoms with E-state index in [9.17, 15) is 15.2 Å². The van der Waals surface area contributed by atoms with Crippen molar-refractivity contribution in [1.29, 1.82) is 5.26 Å². The van der Waals surface area contributed by atoms with E-state index in [4.69, 9.17) is 0 Å². The number of hydrogen-bond acceptors (Lipinski definition) is 4. The van der Waals surface area contributed by atoms with Crippen LogP contribution < -0.4 is 0 Å². The molecule has 0 spiro atoms. The molecule has 5 heteroatoms. The van der Waals surface area contributed by atoms with Crippen molar-refractivity contribution in [2.45, 2.75) is 50.1 Å². The van der Waals surface area contributed by atoms with Crippen molar-refractivity contribution in [1.82, 2.24) is 9.88 Å². The summed E-state index contributed by atoms with van der Waals surface area (Å²) in [6, 6.07) is 13.1. The van der Waals surface area contributed by atoms with Gasteiger partial charge in [0.15, 0.2) is 0 Å². The molecule has 1 amide bonds. The topological polar surface area (TPSA) is 77.2 Å². The van der Waals surface area contributed by atoms with E-state index in [0.717, 1.165) is 29.5 Å². The Hall–Kier alpha value is -2.97. The quantitative estimate of drug-likeness (QED) is 0.852. The zero-order chi connectivity index (χ0) is 20.2. The van der Waals surface area contributed by atoms with Crippen LogP contribution in [0.2, 0.25) is 0 Å². The van der Waals surface area contributed by atoms with E-state index in [-0.39, 0.29) is 30.9 Å². The van der Waals surface area contributed by atoms with Crippen molar-refractivity contribution in [2.75, 3.05) is 6.61 Å². The molecule has 2 aliphatic rings. The van der Waals surface area contributed by atoms with Gasteiger partial charge < -0.3 is 10.0 Å². The molecule has 0 saturated carbocycles. The van der Waals surface area contributed by atoms with Crippen LogP contribution in [0.3, 0.4) is 0 Å². The van der Waals surface area contributed by atoms with Gasteiger partial charge in [-0.05, 0) is 60.1 Å². The number of carbonyl (C=O) groups is 1. The number of carbonyl (C=O) groups excluding carboxylic acids is 1. The number of pyridine rings is 1. The first-order valence-corrected chi connectivity index (χ1v) is 10.2. The Morgan fingerprint density at radius 3 is 2.69 bits per heavy atom. The third-order valence-corrected chi connectivity index (χ3v) is 6.08. The van der Waals surface area contributed by atoms with Gasteiger partial charge in [0.25, 0.3) is 0 Å². The third kappa shape index (κ3) is 3.68. The summed E-state index contributed by atoms with van der Waals surface area (Å²) in [7, 11) is 0. The number of amides is 1. The van der Waals surface area contributed by atoms with E-state index in [1.807, 2.05) is 18.2 Å². The minimum absolute atomic E-state index is 0.132. The zero-order valence-electron chi connectivity index (χ0n) is 16.4. The van der Waals surface area contributed by atoms with Gasteiger partial charge in [0.1, 0.15) is 6.04 Å². The lowest BCUT2D eigenvalue weighted by molar-refractivity contribution is -0.146. The number of allylic oxidation sites excluding steroid dienone is 2. The predicted molar refractivity (Wildman–Crippen MR) is 111 cm³/mol. The molecular weight excluding hydrogens is 362 g/mol. The number of likely N-dealkylation sites (tertiary alicyclic amines) is 1. The van der Waals surface area contributed by atoms with Gasteiger partial charge in [-0.1, -0.05) is 30.3 Å². The lowest BCUT2D eigenvalue weighted by Gasteiger charge is -2.52. The van der Waals surface area contributed by atoms with E-state index < -0.39 is 6.04 Å². The monoisotopic (exact) mass is 387 g/mol. The van der Waals surface area contributed by atoms with E-state index in [2.05, 4.69) is 23.2 Å². The summed E-state index contributed by atoms with van der Waals surface area (Å²) in [5.74, 6) is -0.308. The number of nitriles is 1. The lowest BCUT2D eigenvalue weighted by Crippen LogP contribution is -2.65. The van der Waals surface area contributed by atoms with Crippen molar-refractivity contribution in [3.05, 3.63) is 71.6 Å². The normalized spacial score (nSPS) is 23.7. The molecule has 4 rings (SSSR count). The number of benzene rings is 1. The first-order chi connectivity index (χ1) is 14.2. The smallest absolute Gasteiger partial charge is 0.228 e. The van der Waals surface area contributed by atoms with Gasteiger partial charge in [-0.2, -0.15) is 5.26 Å². The standard InChI is InChI=1S/C24H25N3O2/c25-15-21-24(20-9-5-4-8-19(20)18-6-2-1-3-7-18)22(16-28)27(21)23(29)14-17-10-12-26-13-11-17/h4-6,8-13,21-22,24,28H,1-3,7,14,16H2/t21-,22-,24+/m0/s1. The molecule has 1 N–H and O–H groups in total. The first-order valence-electron chi connectivity index (χ1n) is 10.2. The van der Waals surface area contributed by atoms with Gasteiger partial charge in [0.2, 0.25) is 5.91 Å². The van der Waals surface area contributed by atoms with Gasteiger partial charge in [0.05, 0.1) is 25.1 Å². The first kappa shape index (κ1) is 19.4. The van der Waals surface area contributed by atoms with Crippen molar-refractivity contribution in [3.63, 3.8) is 0 Å². The SMILES string of the molecule is N#C[C@H]1[C@@H](c2ccccc2C2=CCCCC2)[C@H](CO)N1C(=O)Cc1ccncc1. The number of hydrogen-bond donors (Lipinski definition) is 1. The lowest BCUT2D eigenvalue weighted by atomic mass is 9.72. The minimum Gasteiger partial charge on any atom is -0.394 e. The summed E-state index contributed by atoms with van der Waals surface area (Å²) < 4.78 is 0. The second-order valence-electron chi connectivity index (χ2n) is 7.75. The van der Waals surface area contributed by atoms with Crippen molar-refractivity contribution < 1.29 is 9.90 Å². The van der Waals surface area contributed by atoms with Gasteiger partial charge >= 0.3 is 0 Å². The van der Waals surface area contributed by atoms with Crippen LogP contribution in [-0.2, 0) is 11.2 Å². The molecule has 0 bridgehead atoms. The number of aliphatic hydroxyl groups is 1. The van der Waals surface area contributed by atoms with Crippen molar-refractivity contribution in [3.8, 4) is 6.07 Å². The van der Waals surface area contributed by atoms with Crippen LogP contribution >= 0.6 is 0 Å². The molecule has 148 valence electrons. The van der Waals surface area contributed by atoms with Crippen molar-refractivity contribution >= 4 is 11.5 Å². The highest BCUT2D eigenvalue weighted by atomic mass is 16.3. The summed E-state index contributed by atoms with van der Waals surface area (Å²) in [5.41, 5.74) is 4.41. The van der Waals surface area contributed by atoms with Crippen LogP contribution in [0.25, 0.3) is 5.57 Å². The molecule has 1 aromatic carbocycles. The van der Waals surface area contributed by atoms with Crippen LogP contribution in [0.15, 0.2) is 54.9 Å². The molecule has 1 saturated heterocycles. The Bertz CT molecular complexity index is 948. The molecule has 1 aliphatic heterocycles. The molecule has 2 heterocycles. The molecular formula is C24H25N3O2. The van der Waals surface area contributed by atoms with Crippen molar-refractivity contribution in [2.24, 2.45) is 0 Å². The summed E-state index contributed by atoms with van der Waals surface area (Å²) in [6.07, 6.45) is 10.3. The molecule has 1 aliphatic carbocycles. The van der Waals surface area contributed by atoms with Gasteiger partial charge in [0, 0.05) is 18.3 Å². The molecule has 1 fully saturated rings. The van der Waals surface area contributed by atoms with Crippen LogP contribution in [0.4, 0.5) is 0 Å². The molecule has 1 aromatic heterocycles. The Labute approximate surface area is 171 Å². The van der Waals surface area contributed by atoms with Crippen LogP contribution in [-0.4, -0.2) is 39.6 Å². The molecule has 2 aromatic rings. The highest BCUT2D eigenvalue weighted by molar-refractivity contribution is 5.82. The van der Waals surface area contributed by atoms with Gasteiger partial charge in [-0.25, -0.2) is 0 Å². The maximum absolute atomic E-state index is 12.9. The Balaban J connectivity index is 1.62. The predicted octanol–water partition coefficient (Wildman–Crippen LogP) is 3.46. The maximum atomic E-state index is 12.9. The van der Waals surface area contributed by atoms with E-state index >= 15 is 0 Å². The summed E-state index contributed by atoms with van der Waals surface area (Å²) in [5, 5.41) is 20.0. The second-order valence-corrected chi connectivity index (χ2v) is 7.75. The van der Waals surface area contributed by atoms with Crippen LogP contribution in [0, 0.1) is 11.3 Å².